The molecule has 0 bridgehead atoms. The van der Waals surface area contributed by atoms with Gasteiger partial charge in [0.05, 0.1) is 6.54 Å². The first-order valence-corrected chi connectivity index (χ1v) is 8.83. The van der Waals surface area contributed by atoms with E-state index in [0.717, 1.165) is 24.8 Å². The van der Waals surface area contributed by atoms with Crippen molar-refractivity contribution in [2.45, 2.75) is 57.9 Å². The number of likely N-dealkylation sites (tertiary alicyclic amines) is 2. The minimum absolute atomic E-state index is 0.151. The van der Waals surface area contributed by atoms with Crippen molar-refractivity contribution in [3.8, 4) is 0 Å². The molecule has 4 heteroatoms. The Morgan fingerprint density at radius 2 is 1.81 bits per heavy atom. The summed E-state index contributed by atoms with van der Waals surface area (Å²) in [5.41, 5.74) is 5.59. The second-order valence-electron chi connectivity index (χ2n) is 7.01. The van der Waals surface area contributed by atoms with Crippen LogP contribution in [0.15, 0.2) is 0 Å². The zero-order chi connectivity index (χ0) is 15.2. The van der Waals surface area contributed by atoms with E-state index in [0.29, 0.717) is 6.04 Å². The molecule has 2 heterocycles. The summed E-state index contributed by atoms with van der Waals surface area (Å²) in [6.07, 6.45) is 8.66. The number of hydrogen-bond donors (Lipinski definition) is 1. The molecule has 0 aromatic carbocycles. The highest BCUT2D eigenvalue weighted by molar-refractivity contribution is 5.78. The van der Waals surface area contributed by atoms with Crippen LogP contribution in [-0.2, 0) is 4.79 Å². The first kappa shape index (κ1) is 16.8. The van der Waals surface area contributed by atoms with Gasteiger partial charge in [-0.3, -0.25) is 4.79 Å². The summed E-state index contributed by atoms with van der Waals surface area (Å²) in [6.45, 7) is 5.81. The molecule has 0 aromatic heterocycles. The lowest BCUT2D eigenvalue weighted by Gasteiger charge is -2.44. The standard InChI is InChI=1S/C17H33N3O/c1-3-4-5-16-12-15(8-11-20(16)17(21)13-18)14-6-9-19(2)10-7-14/h14-16H,3-13,18H2,1-2H3. The maximum atomic E-state index is 12.1. The van der Waals surface area contributed by atoms with Crippen molar-refractivity contribution < 1.29 is 4.79 Å². The van der Waals surface area contributed by atoms with Crippen LogP contribution in [0.4, 0.5) is 0 Å². The van der Waals surface area contributed by atoms with Gasteiger partial charge in [0.1, 0.15) is 0 Å². The third-order valence-corrected chi connectivity index (χ3v) is 5.57. The van der Waals surface area contributed by atoms with E-state index in [1.165, 1.54) is 51.6 Å². The lowest BCUT2D eigenvalue weighted by molar-refractivity contribution is -0.134. The highest BCUT2D eigenvalue weighted by Gasteiger charge is 2.35. The Morgan fingerprint density at radius 3 is 2.43 bits per heavy atom. The molecule has 2 N–H and O–H groups in total. The van der Waals surface area contributed by atoms with Crippen LogP contribution in [0.25, 0.3) is 0 Å². The lowest BCUT2D eigenvalue weighted by Crippen LogP contribution is -2.50. The van der Waals surface area contributed by atoms with E-state index in [1.807, 2.05) is 0 Å². The van der Waals surface area contributed by atoms with Gasteiger partial charge >= 0.3 is 0 Å². The van der Waals surface area contributed by atoms with Gasteiger partial charge in [-0.1, -0.05) is 19.8 Å². The van der Waals surface area contributed by atoms with Crippen LogP contribution in [0.3, 0.4) is 0 Å². The largest absolute Gasteiger partial charge is 0.339 e. The SMILES string of the molecule is CCCCC1CC(C2CCN(C)CC2)CCN1C(=O)CN. The number of unbranched alkanes of at least 4 members (excludes halogenated alkanes) is 1. The van der Waals surface area contributed by atoms with Crippen molar-refractivity contribution in [1.29, 1.82) is 0 Å². The highest BCUT2D eigenvalue weighted by atomic mass is 16.2. The first-order chi connectivity index (χ1) is 10.2. The van der Waals surface area contributed by atoms with E-state index in [2.05, 4.69) is 23.8 Å². The zero-order valence-corrected chi connectivity index (χ0v) is 13.9. The molecule has 1 amide bonds. The molecule has 4 nitrogen and oxygen atoms in total. The predicted octanol–water partition coefficient (Wildman–Crippen LogP) is 2.08. The van der Waals surface area contributed by atoms with Crippen molar-refractivity contribution in [2.75, 3.05) is 33.2 Å². The first-order valence-electron chi connectivity index (χ1n) is 8.83. The molecule has 2 fully saturated rings. The van der Waals surface area contributed by atoms with E-state index >= 15 is 0 Å². The van der Waals surface area contributed by atoms with Crippen LogP contribution in [0.5, 0.6) is 0 Å². The maximum Gasteiger partial charge on any atom is 0.236 e. The third-order valence-electron chi connectivity index (χ3n) is 5.57. The fraction of sp³-hybridized carbons (Fsp3) is 0.941. The molecule has 2 unspecified atom stereocenters. The monoisotopic (exact) mass is 295 g/mol. The average molecular weight is 295 g/mol. The van der Waals surface area contributed by atoms with Crippen molar-refractivity contribution in [2.24, 2.45) is 17.6 Å². The van der Waals surface area contributed by atoms with Crippen LogP contribution < -0.4 is 5.73 Å². The lowest BCUT2D eigenvalue weighted by atomic mass is 9.76. The number of carbonyl (C=O) groups excluding carboxylic acids is 1. The molecule has 21 heavy (non-hydrogen) atoms. The summed E-state index contributed by atoms with van der Waals surface area (Å²) in [7, 11) is 2.22. The molecule has 2 aliphatic heterocycles. The molecular formula is C17H33N3O. The molecule has 0 aliphatic carbocycles. The Balaban J connectivity index is 1.93. The average Bonchev–Trinajstić information content (AvgIpc) is 2.52. The Bertz CT molecular complexity index is 326. The van der Waals surface area contributed by atoms with Crippen molar-refractivity contribution in [1.82, 2.24) is 9.80 Å². The number of nitrogens with two attached hydrogens (primary N) is 1. The summed E-state index contributed by atoms with van der Waals surface area (Å²) in [5.74, 6) is 1.85. The summed E-state index contributed by atoms with van der Waals surface area (Å²) in [6, 6.07) is 0.444. The Hall–Kier alpha value is -0.610. The normalized spacial score (nSPS) is 28.8. The fourth-order valence-corrected chi connectivity index (χ4v) is 4.17. The number of amides is 1. The number of piperidine rings is 2. The molecule has 0 saturated carbocycles. The van der Waals surface area contributed by atoms with Gasteiger partial charge < -0.3 is 15.5 Å². The Labute approximate surface area is 130 Å². The summed E-state index contributed by atoms with van der Waals surface area (Å²) in [5, 5.41) is 0. The second-order valence-corrected chi connectivity index (χ2v) is 7.01. The molecular weight excluding hydrogens is 262 g/mol. The molecule has 2 atom stereocenters. The topological polar surface area (TPSA) is 49.6 Å². The fourth-order valence-electron chi connectivity index (χ4n) is 4.17. The third kappa shape index (κ3) is 4.43. The Kier molecular flexibility index (Phi) is 6.49. The van der Waals surface area contributed by atoms with Gasteiger partial charge in [0.25, 0.3) is 0 Å². The minimum Gasteiger partial charge on any atom is -0.339 e. The van der Waals surface area contributed by atoms with Gasteiger partial charge in [-0.25, -0.2) is 0 Å². The molecule has 2 aliphatic rings. The van der Waals surface area contributed by atoms with Crippen molar-refractivity contribution >= 4 is 5.91 Å². The minimum atomic E-state index is 0.151. The molecule has 0 aromatic rings. The number of nitrogens with zero attached hydrogens (tertiary/aromatic N) is 2. The van der Waals surface area contributed by atoms with Gasteiger partial charge in [0.2, 0.25) is 5.91 Å². The van der Waals surface area contributed by atoms with E-state index in [9.17, 15) is 4.79 Å². The van der Waals surface area contributed by atoms with E-state index in [-0.39, 0.29) is 12.5 Å². The molecule has 2 saturated heterocycles. The Morgan fingerprint density at radius 1 is 1.14 bits per heavy atom. The van der Waals surface area contributed by atoms with E-state index < -0.39 is 0 Å². The molecule has 122 valence electrons. The maximum absolute atomic E-state index is 12.1. The van der Waals surface area contributed by atoms with Gasteiger partial charge in [-0.2, -0.15) is 0 Å². The summed E-state index contributed by atoms with van der Waals surface area (Å²) in [4.78, 5) is 16.6. The number of rotatable bonds is 5. The van der Waals surface area contributed by atoms with Gasteiger partial charge in [-0.15, -0.1) is 0 Å². The molecule has 0 radical (unpaired) electrons. The van der Waals surface area contributed by atoms with E-state index in [1.54, 1.807) is 0 Å². The van der Waals surface area contributed by atoms with Crippen LogP contribution in [0, 0.1) is 11.8 Å². The quantitative estimate of drug-likeness (QED) is 0.845. The van der Waals surface area contributed by atoms with Crippen LogP contribution >= 0.6 is 0 Å². The van der Waals surface area contributed by atoms with Crippen LogP contribution in [0.2, 0.25) is 0 Å². The smallest absolute Gasteiger partial charge is 0.236 e. The van der Waals surface area contributed by atoms with Crippen molar-refractivity contribution in [3.05, 3.63) is 0 Å². The number of hydrogen-bond acceptors (Lipinski definition) is 3. The van der Waals surface area contributed by atoms with Crippen LogP contribution in [0.1, 0.15) is 51.9 Å². The van der Waals surface area contributed by atoms with Crippen LogP contribution in [-0.4, -0.2) is 55.0 Å². The van der Waals surface area contributed by atoms with Gasteiger partial charge in [-0.05, 0) is 64.1 Å². The molecule has 0 spiro atoms. The second kappa shape index (κ2) is 8.14. The predicted molar refractivity (Wildman–Crippen MR) is 87.0 cm³/mol. The van der Waals surface area contributed by atoms with Gasteiger partial charge in [0, 0.05) is 12.6 Å². The number of carbonyl (C=O) groups is 1. The molecule has 2 rings (SSSR count). The van der Waals surface area contributed by atoms with Crippen molar-refractivity contribution in [3.63, 3.8) is 0 Å². The highest BCUT2D eigenvalue weighted by Crippen LogP contribution is 2.36. The van der Waals surface area contributed by atoms with Gasteiger partial charge in [0.15, 0.2) is 0 Å². The van der Waals surface area contributed by atoms with E-state index in [4.69, 9.17) is 5.73 Å². The zero-order valence-electron chi connectivity index (χ0n) is 13.9. The summed E-state index contributed by atoms with van der Waals surface area (Å²) < 4.78 is 0. The summed E-state index contributed by atoms with van der Waals surface area (Å²) >= 11 is 0.